The van der Waals surface area contributed by atoms with Gasteiger partial charge in [0.2, 0.25) is 0 Å². The van der Waals surface area contributed by atoms with Crippen LogP contribution in [0.1, 0.15) is 32.0 Å². The molecule has 16 heavy (non-hydrogen) atoms. The van der Waals surface area contributed by atoms with Gasteiger partial charge in [-0.15, -0.1) is 4.98 Å². The molecule has 1 heterocycles. The lowest BCUT2D eigenvalue weighted by Crippen LogP contribution is -2.18. The summed E-state index contributed by atoms with van der Waals surface area (Å²) in [6.07, 6.45) is 0.204. The SMILES string of the molecule is CCC(c1nc(OC)nc(OC)n1)C(C)O. The first-order valence-corrected chi connectivity index (χ1v) is 5.14. The fraction of sp³-hybridized carbons (Fsp3) is 0.700. The highest BCUT2D eigenvalue weighted by Gasteiger charge is 2.20. The van der Waals surface area contributed by atoms with Gasteiger partial charge in [-0.25, -0.2) is 0 Å². The van der Waals surface area contributed by atoms with Crippen LogP contribution >= 0.6 is 0 Å². The normalized spacial score (nSPS) is 14.3. The Morgan fingerprint density at radius 1 is 1.12 bits per heavy atom. The van der Waals surface area contributed by atoms with Crippen molar-refractivity contribution in [2.75, 3.05) is 14.2 Å². The Bertz CT molecular complexity index is 322. The standard InChI is InChI=1S/C10H17N3O3/c1-5-7(6(2)14)8-11-9(15-3)13-10(12-8)16-4/h6-7,14H,5H2,1-4H3. The minimum absolute atomic E-state index is 0.147. The van der Waals surface area contributed by atoms with Crippen LogP contribution in [-0.4, -0.2) is 40.4 Å². The fourth-order valence-corrected chi connectivity index (χ4v) is 1.44. The highest BCUT2D eigenvalue weighted by molar-refractivity contribution is 5.09. The molecule has 6 heteroatoms. The Morgan fingerprint density at radius 3 is 1.94 bits per heavy atom. The summed E-state index contributed by atoms with van der Waals surface area (Å²) in [6, 6.07) is 0.391. The number of nitrogens with zero attached hydrogens (tertiary/aromatic N) is 3. The van der Waals surface area contributed by atoms with Gasteiger partial charge in [0.1, 0.15) is 5.82 Å². The van der Waals surface area contributed by atoms with E-state index in [0.717, 1.165) is 6.42 Å². The van der Waals surface area contributed by atoms with Crippen LogP contribution in [0.4, 0.5) is 0 Å². The van der Waals surface area contributed by atoms with Crippen molar-refractivity contribution in [3.8, 4) is 12.0 Å². The first-order chi connectivity index (χ1) is 7.62. The molecule has 0 amide bonds. The van der Waals surface area contributed by atoms with Crippen LogP contribution in [0, 0.1) is 0 Å². The summed E-state index contributed by atoms with van der Waals surface area (Å²) in [5.74, 6) is 0.340. The molecule has 2 atom stereocenters. The highest BCUT2D eigenvalue weighted by atomic mass is 16.5. The van der Waals surface area contributed by atoms with Crippen LogP contribution in [0.25, 0.3) is 0 Å². The quantitative estimate of drug-likeness (QED) is 0.800. The van der Waals surface area contributed by atoms with Crippen molar-refractivity contribution < 1.29 is 14.6 Å². The molecule has 1 aromatic heterocycles. The van der Waals surface area contributed by atoms with Gasteiger partial charge in [-0.3, -0.25) is 0 Å². The van der Waals surface area contributed by atoms with E-state index in [1.807, 2.05) is 6.92 Å². The molecular formula is C10H17N3O3. The van der Waals surface area contributed by atoms with E-state index in [1.54, 1.807) is 6.92 Å². The van der Waals surface area contributed by atoms with E-state index in [4.69, 9.17) is 9.47 Å². The summed E-state index contributed by atoms with van der Waals surface area (Å²) in [5, 5.41) is 9.61. The Labute approximate surface area is 94.7 Å². The zero-order valence-electron chi connectivity index (χ0n) is 9.97. The molecule has 90 valence electrons. The summed E-state index contributed by atoms with van der Waals surface area (Å²) < 4.78 is 9.90. The number of aromatic nitrogens is 3. The van der Waals surface area contributed by atoms with Crippen LogP contribution in [0.3, 0.4) is 0 Å². The first-order valence-electron chi connectivity index (χ1n) is 5.14. The Balaban J connectivity index is 3.10. The smallest absolute Gasteiger partial charge is 0.322 e. The van der Waals surface area contributed by atoms with E-state index in [1.165, 1.54) is 14.2 Å². The van der Waals surface area contributed by atoms with Crippen molar-refractivity contribution in [1.29, 1.82) is 0 Å². The summed E-state index contributed by atoms with van der Waals surface area (Å²) in [7, 11) is 2.95. The predicted octanol–water partition coefficient (Wildman–Crippen LogP) is 0.763. The van der Waals surface area contributed by atoms with E-state index in [0.29, 0.717) is 5.82 Å². The fourth-order valence-electron chi connectivity index (χ4n) is 1.44. The van der Waals surface area contributed by atoms with Crippen LogP contribution in [0.5, 0.6) is 12.0 Å². The van der Waals surface area contributed by atoms with Crippen LogP contribution in [0.15, 0.2) is 0 Å². The maximum Gasteiger partial charge on any atom is 0.322 e. The summed E-state index contributed by atoms with van der Waals surface area (Å²) in [5.41, 5.74) is 0. The van der Waals surface area contributed by atoms with Gasteiger partial charge in [-0.1, -0.05) is 6.92 Å². The number of hydrogen-bond acceptors (Lipinski definition) is 6. The summed E-state index contributed by atoms with van der Waals surface area (Å²) in [6.45, 7) is 3.66. The predicted molar refractivity (Wildman–Crippen MR) is 57.6 cm³/mol. The van der Waals surface area contributed by atoms with Gasteiger partial charge in [0.05, 0.1) is 20.3 Å². The Hall–Kier alpha value is -1.43. The molecule has 0 saturated heterocycles. The molecular weight excluding hydrogens is 210 g/mol. The monoisotopic (exact) mass is 227 g/mol. The van der Waals surface area contributed by atoms with Crippen molar-refractivity contribution in [3.05, 3.63) is 5.82 Å². The molecule has 1 rings (SSSR count). The van der Waals surface area contributed by atoms with Gasteiger partial charge >= 0.3 is 12.0 Å². The minimum Gasteiger partial charge on any atom is -0.467 e. The number of aliphatic hydroxyl groups excluding tert-OH is 1. The van der Waals surface area contributed by atoms with Gasteiger partial charge in [-0.05, 0) is 13.3 Å². The third-order valence-corrected chi connectivity index (χ3v) is 2.33. The molecule has 0 radical (unpaired) electrons. The van der Waals surface area contributed by atoms with Crippen LogP contribution < -0.4 is 9.47 Å². The molecule has 1 aromatic rings. The second-order valence-corrected chi connectivity index (χ2v) is 3.42. The molecule has 0 aliphatic heterocycles. The second-order valence-electron chi connectivity index (χ2n) is 3.42. The number of ether oxygens (including phenoxy) is 2. The van der Waals surface area contributed by atoms with E-state index in [2.05, 4.69) is 15.0 Å². The van der Waals surface area contributed by atoms with Gasteiger partial charge in [0.25, 0.3) is 0 Å². The van der Waals surface area contributed by atoms with Gasteiger partial charge in [0.15, 0.2) is 0 Å². The zero-order chi connectivity index (χ0) is 12.1. The van der Waals surface area contributed by atoms with E-state index in [-0.39, 0.29) is 17.9 Å². The van der Waals surface area contributed by atoms with E-state index in [9.17, 15) is 5.11 Å². The lowest BCUT2D eigenvalue weighted by molar-refractivity contribution is 0.154. The summed E-state index contributed by atoms with van der Waals surface area (Å²) in [4.78, 5) is 12.1. The maximum absolute atomic E-state index is 9.61. The third-order valence-electron chi connectivity index (χ3n) is 2.33. The zero-order valence-corrected chi connectivity index (χ0v) is 9.97. The molecule has 0 bridgehead atoms. The van der Waals surface area contributed by atoms with Crippen LogP contribution in [0.2, 0.25) is 0 Å². The number of hydrogen-bond donors (Lipinski definition) is 1. The van der Waals surface area contributed by atoms with Crippen molar-refractivity contribution in [2.24, 2.45) is 0 Å². The van der Waals surface area contributed by atoms with Gasteiger partial charge < -0.3 is 14.6 Å². The average molecular weight is 227 g/mol. The molecule has 1 N–H and O–H groups in total. The molecule has 0 spiro atoms. The molecule has 2 unspecified atom stereocenters. The minimum atomic E-state index is -0.526. The molecule has 0 aliphatic rings. The van der Waals surface area contributed by atoms with Crippen molar-refractivity contribution in [2.45, 2.75) is 32.3 Å². The Morgan fingerprint density at radius 2 is 1.62 bits per heavy atom. The lowest BCUT2D eigenvalue weighted by atomic mass is 10.00. The number of methoxy groups -OCH3 is 2. The van der Waals surface area contributed by atoms with Crippen molar-refractivity contribution in [1.82, 2.24) is 15.0 Å². The van der Waals surface area contributed by atoms with Crippen molar-refractivity contribution in [3.63, 3.8) is 0 Å². The van der Waals surface area contributed by atoms with E-state index < -0.39 is 6.10 Å². The van der Waals surface area contributed by atoms with Gasteiger partial charge in [0, 0.05) is 5.92 Å². The second kappa shape index (κ2) is 5.60. The molecule has 0 aliphatic carbocycles. The summed E-state index contributed by atoms with van der Waals surface area (Å²) >= 11 is 0. The van der Waals surface area contributed by atoms with Gasteiger partial charge in [-0.2, -0.15) is 9.97 Å². The number of aliphatic hydroxyl groups is 1. The average Bonchev–Trinajstić information content (AvgIpc) is 2.29. The molecule has 0 saturated carbocycles. The molecule has 6 nitrogen and oxygen atoms in total. The lowest BCUT2D eigenvalue weighted by Gasteiger charge is -2.16. The molecule has 0 fully saturated rings. The maximum atomic E-state index is 9.61. The van der Waals surface area contributed by atoms with Crippen molar-refractivity contribution >= 4 is 0 Å². The highest BCUT2D eigenvalue weighted by Crippen LogP contribution is 2.22. The Kier molecular flexibility index (Phi) is 4.42. The molecule has 0 aromatic carbocycles. The van der Waals surface area contributed by atoms with Crippen LogP contribution in [-0.2, 0) is 0 Å². The largest absolute Gasteiger partial charge is 0.467 e. The van der Waals surface area contributed by atoms with E-state index >= 15 is 0 Å². The number of rotatable bonds is 5. The third kappa shape index (κ3) is 2.79. The first kappa shape index (κ1) is 12.6. The topological polar surface area (TPSA) is 77.4 Å².